The Bertz CT molecular complexity index is 559. The van der Waals surface area contributed by atoms with Crippen LogP contribution in [0, 0.1) is 6.92 Å². The standard InChI is InChI=1S/C12H20N4O2S/c1-10-12(8-11(13)9-14-10)19(17,18)16-5-3-4-15(2)6-7-16/h8-9H,3-7,13H2,1-2H3. The Morgan fingerprint density at radius 2 is 2.00 bits per heavy atom. The van der Waals surface area contributed by atoms with Crippen LogP contribution in [0.25, 0.3) is 0 Å². The van der Waals surface area contributed by atoms with E-state index < -0.39 is 10.0 Å². The Morgan fingerprint density at radius 1 is 1.26 bits per heavy atom. The number of aryl methyl sites for hydroxylation is 1. The van der Waals surface area contributed by atoms with E-state index in [4.69, 9.17) is 5.73 Å². The van der Waals surface area contributed by atoms with Crippen molar-refractivity contribution in [3.05, 3.63) is 18.0 Å². The predicted octanol–water partition coefficient (Wildman–Crippen LogP) is 0.298. The predicted molar refractivity (Wildman–Crippen MR) is 74.3 cm³/mol. The van der Waals surface area contributed by atoms with E-state index in [0.29, 0.717) is 24.5 Å². The van der Waals surface area contributed by atoms with Gasteiger partial charge in [0.15, 0.2) is 0 Å². The zero-order chi connectivity index (χ0) is 14.0. The summed E-state index contributed by atoms with van der Waals surface area (Å²) in [6.45, 7) is 4.40. The average molecular weight is 284 g/mol. The minimum Gasteiger partial charge on any atom is -0.397 e. The topological polar surface area (TPSA) is 79.5 Å². The van der Waals surface area contributed by atoms with Crippen LogP contribution in [0.1, 0.15) is 12.1 Å². The first-order valence-corrected chi connectivity index (χ1v) is 7.76. The molecule has 1 aliphatic heterocycles. The molecule has 0 radical (unpaired) electrons. The van der Waals surface area contributed by atoms with Crippen molar-refractivity contribution in [1.82, 2.24) is 14.2 Å². The highest BCUT2D eigenvalue weighted by molar-refractivity contribution is 7.89. The highest BCUT2D eigenvalue weighted by Crippen LogP contribution is 2.21. The summed E-state index contributed by atoms with van der Waals surface area (Å²) in [6, 6.07) is 1.49. The summed E-state index contributed by atoms with van der Waals surface area (Å²) < 4.78 is 26.8. The summed E-state index contributed by atoms with van der Waals surface area (Å²) in [7, 11) is -1.49. The van der Waals surface area contributed by atoms with Crippen LogP contribution in [0.2, 0.25) is 0 Å². The van der Waals surface area contributed by atoms with E-state index in [1.165, 1.54) is 16.6 Å². The minimum atomic E-state index is -3.50. The number of anilines is 1. The molecule has 0 aromatic carbocycles. The second-order valence-electron chi connectivity index (χ2n) is 4.91. The first-order valence-electron chi connectivity index (χ1n) is 6.32. The lowest BCUT2D eigenvalue weighted by Crippen LogP contribution is -2.35. The van der Waals surface area contributed by atoms with Gasteiger partial charge in [-0.05, 0) is 33.0 Å². The molecule has 0 amide bonds. The van der Waals surface area contributed by atoms with Crippen LogP contribution in [-0.4, -0.2) is 55.8 Å². The van der Waals surface area contributed by atoms with Crippen LogP contribution in [0.5, 0.6) is 0 Å². The monoisotopic (exact) mass is 284 g/mol. The summed E-state index contributed by atoms with van der Waals surface area (Å²) in [5.41, 5.74) is 6.52. The van der Waals surface area contributed by atoms with Gasteiger partial charge in [0.2, 0.25) is 10.0 Å². The number of nitrogens with zero attached hydrogens (tertiary/aromatic N) is 3. The molecule has 2 heterocycles. The molecule has 0 bridgehead atoms. The first kappa shape index (κ1) is 14.2. The summed E-state index contributed by atoms with van der Waals surface area (Å²) in [5.74, 6) is 0. The number of aromatic nitrogens is 1. The molecule has 1 saturated heterocycles. The molecule has 1 aromatic rings. The van der Waals surface area contributed by atoms with E-state index in [1.807, 2.05) is 7.05 Å². The van der Waals surface area contributed by atoms with Gasteiger partial charge in [-0.15, -0.1) is 0 Å². The lowest BCUT2D eigenvalue weighted by molar-refractivity contribution is 0.347. The van der Waals surface area contributed by atoms with E-state index in [0.717, 1.165) is 19.5 Å². The van der Waals surface area contributed by atoms with Gasteiger partial charge in [0.05, 0.1) is 17.6 Å². The van der Waals surface area contributed by atoms with Gasteiger partial charge >= 0.3 is 0 Å². The molecular formula is C12H20N4O2S. The number of nitrogens with two attached hydrogens (primary N) is 1. The molecular weight excluding hydrogens is 264 g/mol. The van der Waals surface area contributed by atoms with Crippen LogP contribution in [-0.2, 0) is 10.0 Å². The van der Waals surface area contributed by atoms with Gasteiger partial charge in [0.1, 0.15) is 4.90 Å². The second kappa shape index (κ2) is 5.44. The van der Waals surface area contributed by atoms with E-state index in [1.54, 1.807) is 6.92 Å². The smallest absolute Gasteiger partial charge is 0.244 e. The molecule has 0 unspecified atom stereocenters. The Balaban J connectivity index is 2.33. The Labute approximate surface area is 114 Å². The molecule has 1 aromatic heterocycles. The summed E-state index contributed by atoms with van der Waals surface area (Å²) in [6.07, 6.45) is 2.31. The van der Waals surface area contributed by atoms with Gasteiger partial charge in [-0.1, -0.05) is 0 Å². The number of hydrogen-bond donors (Lipinski definition) is 1. The molecule has 1 fully saturated rings. The molecule has 0 atom stereocenters. The normalized spacial score (nSPS) is 19.3. The molecule has 0 saturated carbocycles. The quantitative estimate of drug-likeness (QED) is 0.845. The zero-order valence-corrected chi connectivity index (χ0v) is 12.2. The Hall–Kier alpha value is -1.18. The molecule has 106 valence electrons. The molecule has 0 spiro atoms. The fourth-order valence-corrected chi connectivity index (χ4v) is 3.87. The molecule has 0 aliphatic carbocycles. The maximum atomic E-state index is 12.6. The van der Waals surface area contributed by atoms with Crippen molar-refractivity contribution in [3.63, 3.8) is 0 Å². The molecule has 6 nitrogen and oxygen atoms in total. The van der Waals surface area contributed by atoms with E-state index in [-0.39, 0.29) is 4.90 Å². The maximum absolute atomic E-state index is 12.6. The number of nitrogen functional groups attached to an aromatic ring is 1. The van der Waals surface area contributed by atoms with E-state index in [9.17, 15) is 8.42 Å². The molecule has 2 rings (SSSR count). The molecule has 2 N–H and O–H groups in total. The second-order valence-corrected chi connectivity index (χ2v) is 6.82. The highest BCUT2D eigenvalue weighted by atomic mass is 32.2. The van der Waals surface area contributed by atoms with Gasteiger partial charge in [-0.2, -0.15) is 4.31 Å². The first-order chi connectivity index (χ1) is 8.91. The largest absolute Gasteiger partial charge is 0.397 e. The third-order valence-corrected chi connectivity index (χ3v) is 5.37. The third kappa shape index (κ3) is 3.05. The van der Waals surface area contributed by atoms with Crippen molar-refractivity contribution in [1.29, 1.82) is 0 Å². The average Bonchev–Trinajstić information content (AvgIpc) is 2.57. The van der Waals surface area contributed by atoms with Crippen LogP contribution in [0.4, 0.5) is 5.69 Å². The van der Waals surface area contributed by atoms with Gasteiger partial charge in [-0.3, -0.25) is 4.98 Å². The van der Waals surface area contributed by atoms with Crippen LogP contribution >= 0.6 is 0 Å². The SMILES string of the molecule is Cc1ncc(N)cc1S(=O)(=O)N1CCCN(C)CC1. The van der Waals surface area contributed by atoms with Gasteiger partial charge in [-0.25, -0.2) is 8.42 Å². The maximum Gasteiger partial charge on any atom is 0.244 e. The fraction of sp³-hybridized carbons (Fsp3) is 0.583. The zero-order valence-electron chi connectivity index (χ0n) is 11.3. The fourth-order valence-electron chi connectivity index (χ4n) is 2.19. The van der Waals surface area contributed by atoms with Crippen molar-refractivity contribution >= 4 is 15.7 Å². The van der Waals surface area contributed by atoms with Crippen molar-refractivity contribution in [3.8, 4) is 0 Å². The lowest BCUT2D eigenvalue weighted by Gasteiger charge is -2.21. The number of likely N-dealkylation sites (N-methyl/N-ethyl adjacent to an activating group) is 1. The third-order valence-electron chi connectivity index (χ3n) is 3.36. The van der Waals surface area contributed by atoms with Crippen molar-refractivity contribution in [2.75, 3.05) is 39.0 Å². The lowest BCUT2D eigenvalue weighted by atomic mass is 10.3. The highest BCUT2D eigenvalue weighted by Gasteiger charge is 2.28. The number of pyridine rings is 1. The van der Waals surface area contributed by atoms with Crippen LogP contribution < -0.4 is 5.73 Å². The van der Waals surface area contributed by atoms with Crippen molar-refractivity contribution in [2.24, 2.45) is 0 Å². The molecule has 1 aliphatic rings. The summed E-state index contributed by atoms with van der Waals surface area (Å²) in [4.78, 5) is 6.40. The number of hydrogen-bond acceptors (Lipinski definition) is 5. The van der Waals surface area contributed by atoms with Crippen molar-refractivity contribution in [2.45, 2.75) is 18.2 Å². The number of sulfonamides is 1. The van der Waals surface area contributed by atoms with E-state index >= 15 is 0 Å². The molecule has 7 heteroatoms. The minimum absolute atomic E-state index is 0.219. The molecule has 19 heavy (non-hydrogen) atoms. The van der Waals surface area contributed by atoms with Gasteiger partial charge in [0, 0.05) is 19.6 Å². The van der Waals surface area contributed by atoms with Crippen molar-refractivity contribution < 1.29 is 8.42 Å². The Morgan fingerprint density at radius 3 is 2.74 bits per heavy atom. The van der Waals surface area contributed by atoms with E-state index in [2.05, 4.69) is 9.88 Å². The van der Waals surface area contributed by atoms with Gasteiger partial charge in [0.25, 0.3) is 0 Å². The number of rotatable bonds is 2. The van der Waals surface area contributed by atoms with Crippen LogP contribution in [0.15, 0.2) is 17.2 Å². The summed E-state index contributed by atoms with van der Waals surface area (Å²) in [5, 5.41) is 0. The van der Waals surface area contributed by atoms with Crippen LogP contribution in [0.3, 0.4) is 0 Å². The van der Waals surface area contributed by atoms with Gasteiger partial charge < -0.3 is 10.6 Å². The summed E-state index contributed by atoms with van der Waals surface area (Å²) >= 11 is 0. The Kier molecular flexibility index (Phi) is 4.07.